The summed E-state index contributed by atoms with van der Waals surface area (Å²) in [5.74, 6) is 0.119. The number of rotatable bonds is 3. The molecule has 1 aliphatic carbocycles. The van der Waals surface area contributed by atoms with E-state index in [9.17, 15) is 4.79 Å². The van der Waals surface area contributed by atoms with Gasteiger partial charge in [-0.05, 0) is 36.8 Å². The van der Waals surface area contributed by atoms with Gasteiger partial charge in [-0.2, -0.15) is 0 Å². The van der Waals surface area contributed by atoms with E-state index in [0.29, 0.717) is 23.0 Å². The Morgan fingerprint density at radius 3 is 2.84 bits per heavy atom. The van der Waals surface area contributed by atoms with E-state index in [2.05, 4.69) is 22.8 Å². The lowest BCUT2D eigenvalue weighted by molar-refractivity contribution is 0.0968. The Labute approximate surface area is 117 Å². The molecule has 0 bridgehead atoms. The molecule has 0 radical (unpaired) electrons. The first-order chi connectivity index (χ1) is 9.22. The van der Waals surface area contributed by atoms with E-state index in [0.717, 1.165) is 6.42 Å². The molecule has 98 valence electrons. The molecule has 19 heavy (non-hydrogen) atoms. The molecule has 1 fully saturated rings. The Balaban J connectivity index is 1.63. The maximum atomic E-state index is 12.2. The molecule has 1 saturated heterocycles. The molecule has 3 rings (SSSR count). The summed E-state index contributed by atoms with van der Waals surface area (Å²) in [5.41, 5.74) is 1.88. The van der Waals surface area contributed by atoms with Gasteiger partial charge in [0.25, 0.3) is 0 Å². The van der Waals surface area contributed by atoms with Gasteiger partial charge in [-0.15, -0.1) is 0 Å². The summed E-state index contributed by atoms with van der Waals surface area (Å²) >= 11 is 5.82. The monoisotopic (exact) mass is 274 g/mol. The zero-order chi connectivity index (χ0) is 13.2. The number of carbonyl (C=O) groups excluding carboxylic acids is 1. The average Bonchev–Trinajstić information content (AvgIpc) is 2.81. The van der Waals surface area contributed by atoms with Crippen LogP contribution in [0, 0.1) is 0 Å². The molecule has 0 aromatic heterocycles. The number of nitrogens with one attached hydrogen (secondary N) is 2. The molecule has 2 atom stereocenters. The van der Waals surface area contributed by atoms with Crippen LogP contribution in [0.1, 0.15) is 23.2 Å². The predicted molar refractivity (Wildman–Crippen MR) is 76.1 cm³/mol. The van der Waals surface area contributed by atoms with Crippen LogP contribution in [0.25, 0.3) is 0 Å². The van der Waals surface area contributed by atoms with Crippen LogP contribution in [-0.4, -0.2) is 18.0 Å². The molecule has 1 aromatic rings. The summed E-state index contributed by atoms with van der Waals surface area (Å²) in [6.07, 6.45) is 7.67. The van der Waals surface area contributed by atoms with Crippen LogP contribution in [0.3, 0.4) is 0 Å². The SMILES string of the molecule is O=C(CC1NC2=CC=CCC2N1)c1ccc(Cl)cc1. The zero-order valence-corrected chi connectivity index (χ0v) is 11.2. The fraction of sp³-hybridized carbons (Fsp3) is 0.267. The van der Waals surface area contributed by atoms with Gasteiger partial charge in [0, 0.05) is 22.7 Å². The van der Waals surface area contributed by atoms with Crippen LogP contribution in [0.2, 0.25) is 5.02 Å². The Morgan fingerprint density at radius 2 is 2.11 bits per heavy atom. The first-order valence-electron chi connectivity index (χ1n) is 6.40. The number of carbonyl (C=O) groups is 1. The molecule has 1 aliphatic heterocycles. The van der Waals surface area contributed by atoms with E-state index >= 15 is 0 Å². The van der Waals surface area contributed by atoms with Gasteiger partial charge in [-0.3, -0.25) is 10.1 Å². The Bertz CT molecular complexity index is 548. The second-order valence-electron chi connectivity index (χ2n) is 4.84. The number of Topliss-reactive ketones (excluding diaryl/α,β-unsaturated/α-hetero) is 1. The van der Waals surface area contributed by atoms with Gasteiger partial charge in [0.05, 0.1) is 12.2 Å². The third-order valence-electron chi connectivity index (χ3n) is 3.46. The van der Waals surface area contributed by atoms with E-state index in [1.54, 1.807) is 24.3 Å². The van der Waals surface area contributed by atoms with Crippen molar-refractivity contribution in [1.82, 2.24) is 10.6 Å². The predicted octanol–water partition coefficient (Wildman–Crippen LogP) is 2.64. The van der Waals surface area contributed by atoms with E-state index in [-0.39, 0.29) is 11.9 Å². The van der Waals surface area contributed by atoms with Gasteiger partial charge in [0.1, 0.15) is 0 Å². The molecule has 0 spiro atoms. The number of benzene rings is 1. The van der Waals surface area contributed by atoms with Crippen molar-refractivity contribution >= 4 is 17.4 Å². The van der Waals surface area contributed by atoms with Gasteiger partial charge in [0.15, 0.2) is 5.78 Å². The highest BCUT2D eigenvalue weighted by Crippen LogP contribution is 2.19. The van der Waals surface area contributed by atoms with Gasteiger partial charge < -0.3 is 5.32 Å². The van der Waals surface area contributed by atoms with Crippen LogP contribution < -0.4 is 10.6 Å². The molecule has 0 saturated carbocycles. The second kappa shape index (κ2) is 5.19. The molecule has 2 unspecified atom stereocenters. The average molecular weight is 275 g/mol. The topological polar surface area (TPSA) is 41.1 Å². The van der Waals surface area contributed by atoms with Crippen molar-refractivity contribution in [3.05, 3.63) is 58.8 Å². The van der Waals surface area contributed by atoms with E-state index < -0.39 is 0 Å². The zero-order valence-electron chi connectivity index (χ0n) is 10.4. The number of ketones is 1. The minimum Gasteiger partial charge on any atom is -0.371 e. The highest BCUT2D eigenvalue weighted by molar-refractivity contribution is 6.30. The first-order valence-corrected chi connectivity index (χ1v) is 6.78. The van der Waals surface area contributed by atoms with Crippen molar-refractivity contribution in [2.75, 3.05) is 0 Å². The van der Waals surface area contributed by atoms with E-state index in [4.69, 9.17) is 11.6 Å². The largest absolute Gasteiger partial charge is 0.371 e. The van der Waals surface area contributed by atoms with E-state index in [1.807, 2.05) is 6.08 Å². The van der Waals surface area contributed by atoms with Crippen molar-refractivity contribution in [2.24, 2.45) is 0 Å². The maximum absolute atomic E-state index is 12.2. The lowest BCUT2D eigenvalue weighted by Gasteiger charge is -2.11. The molecular formula is C15H15ClN2O. The number of halogens is 1. The molecule has 1 aromatic carbocycles. The van der Waals surface area contributed by atoms with Crippen molar-refractivity contribution in [2.45, 2.75) is 25.0 Å². The minimum atomic E-state index is 0.0133. The standard InChI is InChI=1S/C15H15ClN2O/c16-11-7-5-10(6-8-11)14(19)9-15-17-12-3-1-2-4-13(12)18-15/h1-3,5-8,13,15,17-18H,4,9H2. The minimum absolute atomic E-state index is 0.0133. The smallest absolute Gasteiger partial charge is 0.166 e. The second-order valence-corrected chi connectivity index (χ2v) is 5.27. The van der Waals surface area contributed by atoms with Gasteiger partial charge in [-0.1, -0.05) is 23.8 Å². The summed E-state index contributed by atoms with van der Waals surface area (Å²) in [6.45, 7) is 0. The third-order valence-corrected chi connectivity index (χ3v) is 3.71. The summed E-state index contributed by atoms with van der Waals surface area (Å²) in [6, 6.07) is 7.36. The highest BCUT2D eigenvalue weighted by atomic mass is 35.5. The molecule has 2 aliphatic rings. The fourth-order valence-electron chi connectivity index (χ4n) is 2.47. The molecule has 0 amide bonds. The van der Waals surface area contributed by atoms with Crippen LogP contribution in [0.15, 0.2) is 48.2 Å². The van der Waals surface area contributed by atoms with Gasteiger partial charge >= 0.3 is 0 Å². The normalized spacial score (nSPS) is 24.6. The number of fused-ring (bicyclic) bond motifs is 1. The highest BCUT2D eigenvalue weighted by Gasteiger charge is 2.29. The molecule has 2 N–H and O–H groups in total. The quantitative estimate of drug-likeness (QED) is 0.833. The molecular weight excluding hydrogens is 260 g/mol. The summed E-state index contributed by atoms with van der Waals surface area (Å²) < 4.78 is 0. The summed E-state index contributed by atoms with van der Waals surface area (Å²) in [4.78, 5) is 12.2. The number of allylic oxidation sites excluding steroid dienone is 2. The molecule has 1 heterocycles. The Hall–Kier alpha value is -1.58. The number of hydrogen-bond acceptors (Lipinski definition) is 3. The van der Waals surface area contributed by atoms with Crippen molar-refractivity contribution in [3.8, 4) is 0 Å². The van der Waals surface area contributed by atoms with Gasteiger partial charge in [0.2, 0.25) is 0 Å². The molecule has 3 nitrogen and oxygen atoms in total. The van der Waals surface area contributed by atoms with Crippen molar-refractivity contribution in [1.29, 1.82) is 0 Å². The van der Waals surface area contributed by atoms with Crippen molar-refractivity contribution in [3.63, 3.8) is 0 Å². The lowest BCUT2D eigenvalue weighted by Crippen LogP contribution is -2.35. The maximum Gasteiger partial charge on any atom is 0.166 e. The van der Waals surface area contributed by atoms with Gasteiger partial charge in [-0.25, -0.2) is 0 Å². The summed E-state index contributed by atoms with van der Waals surface area (Å²) in [5, 5.41) is 7.43. The Kier molecular flexibility index (Phi) is 3.40. The van der Waals surface area contributed by atoms with E-state index in [1.165, 1.54) is 5.70 Å². The lowest BCUT2D eigenvalue weighted by atomic mass is 10.1. The van der Waals surface area contributed by atoms with Crippen LogP contribution >= 0.6 is 11.6 Å². The summed E-state index contributed by atoms with van der Waals surface area (Å²) in [7, 11) is 0. The first kappa shape index (κ1) is 12.5. The Morgan fingerprint density at radius 1 is 1.32 bits per heavy atom. The fourth-order valence-corrected chi connectivity index (χ4v) is 2.60. The van der Waals surface area contributed by atoms with Crippen molar-refractivity contribution < 1.29 is 4.79 Å². The molecule has 4 heteroatoms. The number of hydrogen-bond donors (Lipinski definition) is 2. The third kappa shape index (κ3) is 2.72. The van der Waals surface area contributed by atoms with Crippen LogP contribution in [0.4, 0.5) is 0 Å². The van der Waals surface area contributed by atoms with Crippen LogP contribution in [0.5, 0.6) is 0 Å². The van der Waals surface area contributed by atoms with Crippen LogP contribution in [-0.2, 0) is 0 Å².